The van der Waals surface area contributed by atoms with Gasteiger partial charge in [-0.15, -0.1) is 12.4 Å². The molecular weight excluding hydrogens is 340 g/mol. The van der Waals surface area contributed by atoms with Crippen molar-refractivity contribution >= 4 is 24.3 Å². The molecule has 2 aromatic rings. The number of hydrogen-bond donors (Lipinski definition) is 2. The van der Waals surface area contributed by atoms with Crippen LogP contribution in [-0.2, 0) is 20.7 Å². The minimum absolute atomic E-state index is 0. The van der Waals surface area contributed by atoms with E-state index in [1.54, 1.807) is 0 Å². The molecular formula is C19H23ClN2O3. The molecule has 6 heteroatoms. The van der Waals surface area contributed by atoms with Gasteiger partial charge in [-0.05, 0) is 18.1 Å². The van der Waals surface area contributed by atoms with E-state index < -0.39 is 24.0 Å². The number of carbonyl (C=O) groups is 2. The molecule has 134 valence electrons. The maximum Gasteiger partial charge on any atom is 0.328 e. The van der Waals surface area contributed by atoms with Crippen LogP contribution in [0.3, 0.4) is 0 Å². The van der Waals surface area contributed by atoms with E-state index in [-0.39, 0.29) is 12.4 Å². The van der Waals surface area contributed by atoms with Gasteiger partial charge in [0.05, 0.1) is 7.11 Å². The van der Waals surface area contributed by atoms with Gasteiger partial charge in [0.15, 0.2) is 0 Å². The molecule has 0 aliphatic heterocycles. The molecule has 25 heavy (non-hydrogen) atoms. The van der Waals surface area contributed by atoms with E-state index in [1.165, 1.54) is 7.11 Å². The van der Waals surface area contributed by atoms with Gasteiger partial charge in [0.25, 0.3) is 0 Å². The first kappa shape index (κ1) is 20.7. The molecule has 0 saturated heterocycles. The van der Waals surface area contributed by atoms with Crippen molar-refractivity contribution in [2.24, 2.45) is 5.73 Å². The van der Waals surface area contributed by atoms with Crippen molar-refractivity contribution < 1.29 is 14.3 Å². The van der Waals surface area contributed by atoms with E-state index in [0.717, 1.165) is 11.1 Å². The standard InChI is InChI=1S/C19H22N2O3.ClH/c1-13-8-10-15(11-9-13)17(20)18(22)21-16(19(23)24-2)12-14-6-4-3-5-7-14;/h3-11,16-17H,12,20H2,1-2H3,(H,21,22);1H. The number of carbonyl (C=O) groups excluding carboxylic acids is 2. The Labute approximate surface area is 154 Å². The van der Waals surface area contributed by atoms with Crippen molar-refractivity contribution in [2.75, 3.05) is 7.11 Å². The highest BCUT2D eigenvalue weighted by Crippen LogP contribution is 2.13. The van der Waals surface area contributed by atoms with Gasteiger partial charge in [-0.2, -0.15) is 0 Å². The summed E-state index contributed by atoms with van der Waals surface area (Å²) in [5.74, 6) is -0.909. The number of nitrogens with two attached hydrogens (primary N) is 1. The van der Waals surface area contributed by atoms with Crippen molar-refractivity contribution in [1.82, 2.24) is 5.32 Å². The SMILES string of the molecule is COC(=O)C(Cc1ccccc1)NC(=O)C(N)c1ccc(C)cc1.Cl. The number of halogens is 1. The maximum atomic E-state index is 12.4. The average Bonchev–Trinajstić information content (AvgIpc) is 2.61. The number of esters is 1. The van der Waals surface area contributed by atoms with E-state index in [1.807, 2.05) is 61.5 Å². The predicted molar refractivity (Wildman–Crippen MR) is 99.4 cm³/mol. The summed E-state index contributed by atoms with van der Waals surface area (Å²) >= 11 is 0. The van der Waals surface area contributed by atoms with Crippen LogP contribution < -0.4 is 11.1 Å². The largest absolute Gasteiger partial charge is 0.467 e. The second-order valence-electron chi connectivity index (χ2n) is 5.66. The molecule has 0 heterocycles. The van der Waals surface area contributed by atoms with Crippen molar-refractivity contribution in [3.8, 4) is 0 Å². The molecule has 0 saturated carbocycles. The third-order valence-electron chi connectivity index (χ3n) is 3.80. The first-order valence-electron chi connectivity index (χ1n) is 7.75. The van der Waals surface area contributed by atoms with Crippen LogP contribution in [-0.4, -0.2) is 25.0 Å². The van der Waals surface area contributed by atoms with Gasteiger partial charge in [0.2, 0.25) is 5.91 Å². The third kappa shape index (κ3) is 5.89. The number of amides is 1. The summed E-state index contributed by atoms with van der Waals surface area (Å²) in [7, 11) is 1.30. The molecule has 2 unspecified atom stereocenters. The zero-order valence-electron chi connectivity index (χ0n) is 14.3. The van der Waals surface area contributed by atoms with Crippen LogP contribution in [0.1, 0.15) is 22.7 Å². The van der Waals surface area contributed by atoms with Crippen LogP contribution in [0.15, 0.2) is 54.6 Å². The van der Waals surface area contributed by atoms with Gasteiger partial charge in [0.1, 0.15) is 12.1 Å². The van der Waals surface area contributed by atoms with Gasteiger partial charge < -0.3 is 15.8 Å². The maximum absolute atomic E-state index is 12.4. The summed E-state index contributed by atoms with van der Waals surface area (Å²) in [6.45, 7) is 1.96. The van der Waals surface area contributed by atoms with E-state index in [9.17, 15) is 9.59 Å². The van der Waals surface area contributed by atoms with E-state index in [4.69, 9.17) is 10.5 Å². The van der Waals surface area contributed by atoms with E-state index >= 15 is 0 Å². The number of nitrogens with one attached hydrogen (secondary N) is 1. The second kappa shape index (κ2) is 9.81. The third-order valence-corrected chi connectivity index (χ3v) is 3.80. The molecule has 0 aliphatic rings. The molecule has 0 bridgehead atoms. The van der Waals surface area contributed by atoms with Crippen LogP contribution in [0.5, 0.6) is 0 Å². The lowest BCUT2D eigenvalue weighted by atomic mass is 10.0. The summed E-state index contributed by atoms with van der Waals surface area (Å²) in [5, 5.41) is 2.69. The summed E-state index contributed by atoms with van der Waals surface area (Å²) in [4.78, 5) is 24.4. The molecule has 0 spiro atoms. The average molecular weight is 363 g/mol. The van der Waals surface area contributed by atoms with Crippen LogP contribution in [0.2, 0.25) is 0 Å². The Balaban J connectivity index is 0.00000312. The molecule has 0 fully saturated rings. The number of benzene rings is 2. The quantitative estimate of drug-likeness (QED) is 0.773. The monoisotopic (exact) mass is 362 g/mol. The van der Waals surface area contributed by atoms with Gasteiger partial charge in [-0.3, -0.25) is 4.79 Å². The number of ether oxygens (including phenoxy) is 1. The molecule has 2 aromatic carbocycles. The van der Waals surface area contributed by atoms with Crippen molar-refractivity contribution in [1.29, 1.82) is 0 Å². The predicted octanol–water partition coefficient (Wildman–Crippen LogP) is 2.32. The van der Waals surface area contributed by atoms with Gasteiger partial charge >= 0.3 is 5.97 Å². The molecule has 2 atom stereocenters. The fourth-order valence-electron chi connectivity index (χ4n) is 2.37. The Morgan fingerprint density at radius 2 is 1.68 bits per heavy atom. The number of rotatable bonds is 6. The highest BCUT2D eigenvalue weighted by molar-refractivity contribution is 5.88. The summed E-state index contributed by atoms with van der Waals surface area (Å²) in [5.41, 5.74) is 8.72. The fourth-order valence-corrected chi connectivity index (χ4v) is 2.37. The second-order valence-corrected chi connectivity index (χ2v) is 5.66. The highest BCUT2D eigenvalue weighted by atomic mass is 35.5. The Kier molecular flexibility index (Phi) is 8.11. The van der Waals surface area contributed by atoms with Crippen molar-refractivity contribution in [2.45, 2.75) is 25.4 Å². The normalized spacial score (nSPS) is 12.4. The molecule has 1 amide bonds. The molecule has 5 nitrogen and oxygen atoms in total. The number of methoxy groups -OCH3 is 1. The smallest absolute Gasteiger partial charge is 0.328 e. The Morgan fingerprint density at radius 3 is 2.24 bits per heavy atom. The Hall–Kier alpha value is -2.37. The van der Waals surface area contributed by atoms with E-state index in [2.05, 4.69) is 5.32 Å². The first-order valence-corrected chi connectivity index (χ1v) is 7.75. The van der Waals surface area contributed by atoms with Crippen molar-refractivity contribution in [3.63, 3.8) is 0 Å². The topological polar surface area (TPSA) is 81.4 Å². The van der Waals surface area contributed by atoms with Crippen molar-refractivity contribution in [3.05, 3.63) is 71.3 Å². The van der Waals surface area contributed by atoms with E-state index in [0.29, 0.717) is 12.0 Å². The summed E-state index contributed by atoms with van der Waals surface area (Å²) < 4.78 is 4.79. The molecule has 0 aliphatic carbocycles. The highest BCUT2D eigenvalue weighted by Gasteiger charge is 2.25. The zero-order chi connectivity index (χ0) is 17.5. The van der Waals surface area contributed by atoms with Crippen LogP contribution in [0.4, 0.5) is 0 Å². The van der Waals surface area contributed by atoms with Crippen LogP contribution in [0, 0.1) is 6.92 Å². The Morgan fingerprint density at radius 1 is 1.08 bits per heavy atom. The lowest BCUT2D eigenvalue weighted by molar-refractivity contribution is -0.145. The minimum Gasteiger partial charge on any atom is -0.467 e. The summed E-state index contributed by atoms with van der Waals surface area (Å²) in [6.07, 6.45) is 0.347. The van der Waals surface area contributed by atoms with Gasteiger partial charge in [0, 0.05) is 6.42 Å². The van der Waals surface area contributed by atoms with Crippen LogP contribution in [0.25, 0.3) is 0 Å². The Bertz CT molecular complexity index is 690. The fraction of sp³-hybridized carbons (Fsp3) is 0.263. The first-order chi connectivity index (χ1) is 11.5. The molecule has 3 N–H and O–H groups in total. The minimum atomic E-state index is -0.839. The molecule has 0 radical (unpaired) electrons. The van der Waals surface area contributed by atoms with Gasteiger partial charge in [-0.25, -0.2) is 4.79 Å². The molecule has 0 aromatic heterocycles. The summed E-state index contributed by atoms with van der Waals surface area (Å²) in [6, 6.07) is 15.2. The zero-order valence-corrected chi connectivity index (χ0v) is 15.1. The lowest BCUT2D eigenvalue weighted by Crippen LogP contribution is -2.46. The van der Waals surface area contributed by atoms with Gasteiger partial charge in [-0.1, -0.05) is 60.2 Å². The van der Waals surface area contributed by atoms with Crippen LogP contribution >= 0.6 is 12.4 Å². The lowest BCUT2D eigenvalue weighted by Gasteiger charge is -2.19. The molecule has 2 rings (SSSR count). The number of hydrogen-bond acceptors (Lipinski definition) is 4. The number of aryl methyl sites for hydroxylation is 1.